The van der Waals surface area contributed by atoms with Gasteiger partial charge in [0.25, 0.3) is 0 Å². The number of hydrogen-bond donors (Lipinski definition) is 1. The summed E-state index contributed by atoms with van der Waals surface area (Å²) in [6.07, 6.45) is 6.85. The molecule has 0 aromatic carbocycles. The highest BCUT2D eigenvalue weighted by atomic mass is 35.5. The van der Waals surface area contributed by atoms with Crippen molar-refractivity contribution in [3.05, 3.63) is 0 Å². The summed E-state index contributed by atoms with van der Waals surface area (Å²) in [6, 6.07) is 0.382. The van der Waals surface area contributed by atoms with E-state index in [1.54, 1.807) is 0 Å². The maximum atomic E-state index is 12.3. The lowest BCUT2D eigenvalue weighted by Crippen LogP contribution is -2.51. The van der Waals surface area contributed by atoms with Crippen LogP contribution in [0.25, 0.3) is 0 Å². The molecule has 4 nitrogen and oxygen atoms in total. The summed E-state index contributed by atoms with van der Waals surface area (Å²) in [5, 5.41) is 3.37. The fourth-order valence-corrected chi connectivity index (χ4v) is 3.67. The van der Waals surface area contributed by atoms with Crippen LogP contribution in [0.3, 0.4) is 0 Å². The molecule has 0 spiro atoms. The van der Waals surface area contributed by atoms with Crippen LogP contribution < -0.4 is 5.32 Å². The molecular formula is C14H25ClN2O2. The van der Waals surface area contributed by atoms with Crippen LogP contribution in [-0.2, 0) is 9.53 Å². The molecule has 1 aliphatic carbocycles. The highest BCUT2D eigenvalue weighted by Crippen LogP contribution is 2.30. The Labute approximate surface area is 121 Å². The van der Waals surface area contributed by atoms with Gasteiger partial charge in [-0.3, -0.25) is 4.79 Å². The fourth-order valence-electron chi connectivity index (χ4n) is 3.67. The van der Waals surface area contributed by atoms with Crippen LogP contribution in [0.5, 0.6) is 0 Å². The summed E-state index contributed by atoms with van der Waals surface area (Å²) in [5.41, 5.74) is 0. The van der Waals surface area contributed by atoms with Crippen LogP contribution in [0, 0.1) is 5.92 Å². The molecule has 2 saturated heterocycles. The Morgan fingerprint density at radius 2 is 2.21 bits per heavy atom. The SMILES string of the molecule is Cl.O=C(CCC1CCNC1)N1CCOC2CCCC21. The molecule has 110 valence electrons. The zero-order valence-electron chi connectivity index (χ0n) is 11.5. The number of morpholine rings is 1. The van der Waals surface area contributed by atoms with E-state index in [4.69, 9.17) is 4.74 Å². The van der Waals surface area contributed by atoms with E-state index < -0.39 is 0 Å². The second-order valence-electron chi connectivity index (χ2n) is 5.89. The molecule has 2 aliphatic heterocycles. The predicted octanol–water partition coefficient (Wildman–Crippen LogP) is 1.58. The molecule has 0 aromatic rings. The minimum absolute atomic E-state index is 0. The summed E-state index contributed by atoms with van der Waals surface area (Å²) in [5.74, 6) is 1.08. The van der Waals surface area contributed by atoms with Gasteiger partial charge in [0.15, 0.2) is 0 Å². The van der Waals surface area contributed by atoms with E-state index in [-0.39, 0.29) is 12.4 Å². The van der Waals surface area contributed by atoms with E-state index in [1.807, 2.05) is 0 Å². The van der Waals surface area contributed by atoms with Crippen LogP contribution in [0.4, 0.5) is 0 Å². The minimum Gasteiger partial charge on any atom is -0.374 e. The summed E-state index contributed by atoms with van der Waals surface area (Å²) in [7, 11) is 0. The average Bonchev–Trinajstić information content (AvgIpc) is 3.05. The molecular weight excluding hydrogens is 264 g/mol. The highest BCUT2D eigenvalue weighted by Gasteiger charge is 2.38. The Morgan fingerprint density at radius 3 is 3.00 bits per heavy atom. The Balaban J connectivity index is 0.00000133. The van der Waals surface area contributed by atoms with E-state index in [0.717, 1.165) is 57.8 Å². The zero-order chi connectivity index (χ0) is 12.4. The molecule has 0 radical (unpaired) electrons. The molecule has 3 aliphatic rings. The predicted molar refractivity (Wildman–Crippen MR) is 76.6 cm³/mol. The molecule has 1 amide bonds. The lowest BCUT2D eigenvalue weighted by molar-refractivity contribution is -0.144. The first-order valence-corrected chi connectivity index (χ1v) is 7.46. The van der Waals surface area contributed by atoms with Gasteiger partial charge in [-0.1, -0.05) is 0 Å². The second-order valence-corrected chi connectivity index (χ2v) is 5.89. The summed E-state index contributed by atoms with van der Waals surface area (Å²) in [6.45, 7) is 3.77. The van der Waals surface area contributed by atoms with Crippen LogP contribution in [0.15, 0.2) is 0 Å². The van der Waals surface area contributed by atoms with Crippen molar-refractivity contribution < 1.29 is 9.53 Å². The maximum Gasteiger partial charge on any atom is 0.222 e. The smallest absolute Gasteiger partial charge is 0.222 e. The molecule has 3 fully saturated rings. The summed E-state index contributed by atoms with van der Waals surface area (Å²) < 4.78 is 5.76. The lowest BCUT2D eigenvalue weighted by Gasteiger charge is -2.38. The number of carbonyl (C=O) groups excluding carboxylic acids is 1. The van der Waals surface area contributed by atoms with E-state index >= 15 is 0 Å². The third kappa shape index (κ3) is 3.41. The monoisotopic (exact) mass is 288 g/mol. The van der Waals surface area contributed by atoms with Gasteiger partial charge in [-0.25, -0.2) is 0 Å². The van der Waals surface area contributed by atoms with Crippen LogP contribution in [0.1, 0.15) is 38.5 Å². The van der Waals surface area contributed by atoms with E-state index in [9.17, 15) is 4.79 Å². The number of halogens is 1. The molecule has 0 aromatic heterocycles. The van der Waals surface area contributed by atoms with Gasteiger partial charge >= 0.3 is 0 Å². The van der Waals surface area contributed by atoms with Crippen molar-refractivity contribution in [3.8, 4) is 0 Å². The van der Waals surface area contributed by atoms with Gasteiger partial charge < -0.3 is 15.0 Å². The van der Waals surface area contributed by atoms with Gasteiger partial charge in [-0.05, 0) is 51.1 Å². The van der Waals surface area contributed by atoms with Crippen molar-refractivity contribution in [1.82, 2.24) is 10.2 Å². The molecule has 19 heavy (non-hydrogen) atoms. The number of nitrogens with zero attached hydrogens (tertiary/aromatic N) is 1. The van der Waals surface area contributed by atoms with Gasteiger partial charge in [0.05, 0.1) is 18.8 Å². The van der Waals surface area contributed by atoms with Crippen molar-refractivity contribution in [2.24, 2.45) is 5.92 Å². The topological polar surface area (TPSA) is 41.6 Å². The molecule has 1 saturated carbocycles. The van der Waals surface area contributed by atoms with Gasteiger partial charge in [-0.15, -0.1) is 12.4 Å². The summed E-state index contributed by atoms with van der Waals surface area (Å²) in [4.78, 5) is 14.5. The Kier molecular flexibility index (Phi) is 5.48. The second kappa shape index (κ2) is 6.91. The lowest BCUT2D eigenvalue weighted by atomic mass is 10.0. The normalized spacial score (nSPS) is 33.9. The first kappa shape index (κ1) is 15.1. The first-order valence-electron chi connectivity index (χ1n) is 7.46. The van der Waals surface area contributed by atoms with E-state index in [0.29, 0.717) is 18.1 Å². The number of rotatable bonds is 3. The number of carbonyl (C=O) groups is 1. The van der Waals surface area contributed by atoms with Crippen LogP contribution in [0.2, 0.25) is 0 Å². The van der Waals surface area contributed by atoms with Crippen molar-refractivity contribution in [2.45, 2.75) is 50.7 Å². The van der Waals surface area contributed by atoms with Gasteiger partial charge in [-0.2, -0.15) is 0 Å². The van der Waals surface area contributed by atoms with Crippen LogP contribution >= 0.6 is 12.4 Å². The molecule has 1 N–H and O–H groups in total. The van der Waals surface area contributed by atoms with Gasteiger partial charge in [0.2, 0.25) is 5.91 Å². The quantitative estimate of drug-likeness (QED) is 0.857. The van der Waals surface area contributed by atoms with E-state index in [2.05, 4.69) is 10.2 Å². The third-order valence-corrected chi connectivity index (χ3v) is 4.73. The molecule has 3 unspecified atom stereocenters. The van der Waals surface area contributed by atoms with Gasteiger partial charge in [0, 0.05) is 13.0 Å². The standard InChI is InChI=1S/C14H24N2O2.ClH/c17-14(5-4-11-6-7-15-10-11)16-8-9-18-13-3-1-2-12(13)16;/h11-13,15H,1-10H2;1H. The fraction of sp³-hybridized carbons (Fsp3) is 0.929. The summed E-state index contributed by atoms with van der Waals surface area (Å²) >= 11 is 0. The molecule has 3 atom stereocenters. The number of ether oxygens (including phenoxy) is 1. The number of hydrogen-bond acceptors (Lipinski definition) is 3. The zero-order valence-corrected chi connectivity index (χ0v) is 12.3. The van der Waals surface area contributed by atoms with Gasteiger partial charge in [0.1, 0.15) is 0 Å². The van der Waals surface area contributed by atoms with Crippen LogP contribution in [-0.4, -0.2) is 49.2 Å². The molecule has 2 heterocycles. The third-order valence-electron chi connectivity index (χ3n) is 4.73. The Bertz CT molecular complexity index is 308. The average molecular weight is 289 g/mol. The molecule has 0 bridgehead atoms. The maximum absolute atomic E-state index is 12.3. The van der Waals surface area contributed by atoms with Crippen molar-refractivity contribution in [1.29, 1.82) is 0 Å². The van der Waals surface area contributed by atoms with E-state index in [1.165, 1.54) is 12.8 Å². The Hall–Kier alpha value is -0.320. The van der Waals surface area contributed by atoms with Crippen molar-refractivity contribution >= 4 is 18.3 Å². The number of nitrogens with one attached hydrogen (secondary N) is 1. The number of fused-ring (bicyclic) bond motifs is 1. The Morgan fingerprint density at radius 1 is 1.32 bits per heavy atom. The highest BCUT2D eigenvalue weighted by molar-refractivity contribution is 5.85. The first-order chi connectivity index (χ1) is 8.84. The molecule has 3 rings (SSSR count). The van der Waals surface area contributed by atoms with Crippen molar-refractivity contribution in [3.63, 3.8) is 0 Å². The molecule has 5 heteroatoms. The van der Waals surface area contributed by atoms with Crippen molar-refractivity contribution in [2.75, 3.05) is 26.2 Å². The number of amides is 1. The minimum atomic E-state index is 0. The largest absolute Gasteiger partial charge is 0.374 e.